The van der Waals surface area contributed by atoms with Crippen molar-refractivity contribution in [1.29, 1.82) is 0 Å². The van der Waals surface area contributed by atoms with Gasteiger partial charge >= 0.3 is 12.2 Å². The van der Waals surface area contributed by atoms with Crippen molar-refractivity contribution in [2.45, 2.75) is 25.2 Å². The van der Waals surface area contributed by atoms with Gasteiger partial charge in [0.2, 0.25) is 6.23 Å². The highest BCUT2D eigenvalue weighted by Gasteiger charge is 2.39. The fourth-order valence-corrected chi connectivity index (χ4v) is 2.99. The minimum atomic E-state index is -4.71. The van der Waals surface area contributed by atoms with Crippen LogP contribution in [0.4, 0.5) is 23.8 Å². The van der Waals surface area contributed by atoms with E-state index in [9.17, 15) is 18.0 Å². The Morgan fingerprint density at radius 3 is 2.42 bits per heavy atom. The van der Waals surface area contributed by atoms with E-state index in [4.69, 9.17) is 16.2 Å². The number of urea groups is 1. The number of carbonyl (C=O) groups is 1. The monoisotopic (exact) mass is 439 g/mol. The topological polar surface area (TPSA) is 107 Å². The highest BCUT2D eigenvalue weighted by molar-refractivity contribution is 5.91. The number of hydrogen-bond acceptors (Lipinski definition) is 6. The van der Waals surface area contributed by atoms with E-state index in [2.05, 4.69) is 9.72 Å². The van der Waals surface area contributed by atoms with Gasteiger partial charge in [-0.05, 0) is 23.3 Å². The minimum absolute atomic E-state index is 0.206. The number of morpholine rings is 1. The van der Waals surface area contributed by atoms with Crippen molar-refractivity contribution in [2.75, 3.05) is 31.2 Å². The van der Waals surface area contributed by atoms with E-state index in [0.717, 1.165) is 5.56 Å². The Hall–Kier alpha value is -2.73. The molecule has 0 spiro atoms. The van der Waals surface area contributed by atoms with Gasteiger partial charge in [0.25, 0.3) is 0 Å². The van der Waals surface area contributed by atoms with Crippen molar-refractivity contribution < 1.29 is 27.4 Å². The second kappa shape index (κ2) is 10.1. The fraction of sp³-hybridized carbons (Fsp3) is 0.400. The molecule has 2 heterocycles. The third-order valence-electron chi connectivity index (χ3n) is 4.70. The van der Waals surface area contributed by atoms with Crippen LogP contribution in [0.5, 0.6) is 0 Å². The lowest BCUT2D eigenvalue weighted by Crippen LogP contribution is -2.48. The maximum atomic E-state index is 13.1. The molecule has 2 atom stereocenters. The molecule has 31 heavy (non-hydrogen) atoms. The second-order valence-electron chi connectivity index (χ2n) is 6.92. The molecule has 1 fully saturated rings. The molecule has 1 saturated heterocycles. The first-order valence-electron chi connectivity index (χ1n) is 9.63. The summed E-state index contributed by atoms with van der Waals surface area (Å²) in [4.78, 5) is 20.6. The van der Waals surface area contributed by atoms with E-state index >= 15 is 0 Å². The molecular weight excluding hydrogens is 415 g/mol. The quantitative estimate of drug-likeness (QED) is 0.670. The number of alkyl halides is 3. The van der Waals surface area contributed by atoms with Gasteiger partial charge in [0.15, 0.2) is 0 Å². The van der Waals surface area contributed by atoms with E-state index in [-0.39, 0.29) is 12.6 Å². The van der Waals surface area contributed by atoms with Crippen LogP contribution >= 0.6 is 0 Å². The van der Waals surface area contributed by atoms with E-state index in [1.165, 1.54) is 4.90 Å². The number of benzene rings is 1. The van der Waals surface area contributed by atoms with Crippen molar-refractivity contribution in [3.8, 4) is 0 Å². The molecule has 1 aliphatic rings. The summed E-state index contributed by atoms with van der Waals surface area (Å²) in [6.45, 7) is 2.11. The molecule has 1 aromatic heterocycles. The number of aromatic nitrogens is 1. The molecule has 3 rings (SSSR count). The van der Waals surface area contributed by atoms with Gasteiger partial charge in [-0.25, -0.2) is 9.78 Å². The summed E-state index contributed by atoms with van der Waals surface area (Å²) in [7, 11) is 0. The van der Waals surface area contributed by atoms with Crippen LogP contribution in [0.2, 0.25) is 0 Å². The highest BCUT2D eigenvalue weighted by atomic mass is 19.4. The summed E-state index contributed by atoms with van der Waals surface area (Å²) in [6, 6.07) is 11.5. The summed E-state index contributed by atoms with van der Waals surface area (Å²) in [6.07, 6.45) is -6.93. The Balaban J connectivity index is 1.73. The van der Waals surface area contributed by atoms with Gasteiger partial charge in [-0.15, -0.1) is 0 Å². The minimum Gasteiger partial charge on any atom is -0.378 e. The standard InChI is InChI=1S/C20H24F3N5O3/c21-20(22,23)18(25)31-17(24)15-6-4-14(5-7-15)13-28(16-3-1-2-8-26-16)19(29)27-9-11-30-12-10-27/h1-8,17-18H,9-13,24-25H2. The van der Waals surface area contributed by atoms with Crippen LogP contribution in [0.15, 0.2) is 48.7 Å². The normalized spacial score (nSPS) is 16.6. The first-order valence-corrected chi connectivity index (χ1v) is 9.63. The lowest BCUT2D eigenvalue weighted by Gasteiger charge is -2.32. The number of pyridine rings is 1. The summed E-state index contributed by atoms with van der Waals surface area (Å²) in [5.74, 6) is 0.485. The van der Waals surface area contributed by atoms with Gasteiger partial charge in [0, 0.05) is 19.3 Å². The highest BCUT2D eigenvalue weighted by Crippen LogP contribution is 2.24. The van der Waals surface area contributed by atoms with Crippen molar-refractivity contribution in [2.24, 2.45) is 11.5 Å². The van der Waals surface area contributed by atoms with Gasteiger partial charge in [-0.2, -0.15) is 13.2 Å². The zero-order valence-corrected chi connectivity index (χ0v) is 16.7. The maximum Gasteiger partial charge on any atom is 0.428 e. The molecule has 2 amide bonds. The van der Waals surface area contributed by atoms with Gasteiger partial charge < -0.3 is 20.1 Å². The molecule has 2 unspecified atom stereocenters. The molecule has 4 N–H and O–H groups in total. The average molecular weight is 439 g/mol. The molecule has 0 saturated carbocycles. The Labute approximate surface area is 177 Å². The number of carbonyl (C=O) groups excluding carboxylic acids is 1. The predicted octanol–water partition coefficient (Wildman–Crippen LogP) is 2.36. The SMILES string of the molecule is NC(OC(N)C(F)(F)F)c1ccc(CN(C(=O)N2CCOCC2)c2ccccn2)cc1. The molecule has 0 radical (unpaired) electrons. The largest absolute Gasteiger partial charge is 0.428 e. The number of ether oxygens (including phenoxy) is 2. The molecule has 2 aromatic rings. The van der Waals surface area contributed by atoms with Crippen molar-refractivity contribution in [3.05, 3.63) is 59.8 Å². The lowest BCUT2D eigenvalue weighted by atomic mass is 10.1. The first kappa shape index (κ1) is 22.9. The molecule has 8 nitrogen and oxygen atoms in total. The van der Waals surface area contributed by atoms with Crippen LogP contribution in [0.1, 0.15) is 17.4 Å². The molecule has 0 bridgehead atoms. The number of anilines is 1. The van der Waals surface area contributed by atoms with Crippen LogP contribution < -0.4 is 16.4 Å². The Kier molecular flexibility index (Phi) is 7.44. The van der Waals surface area contributed by atoms with Crippen molar-refractivity contribution in [3.63, 3.8) is 0 Å². The van der Waals surface area contributed by atoms with Crippen LogP contribution in [0, 0.1) is 0 Å². The average Bonchev–Trinajstić information content (AvgIpc) is 2.78. The summed E-state index contributed by atoms with van der Waals surface area (Å²) >= 11 is 0. The second-order valence-corrected chi connectivity index (χ2v) is 6.92. The fourth-order valence-electron chi connectivity index (χ4n) is 2.99. The van der Waals surface area contributed by atoms with E-state index in [1.807, 2.05) is 0 Å². The molecule has 168 valence electrons. The number of halogens is 3. The van der Waals surface area contributed by atoms with Crippen LogP contribution in [-0.4, -0.2) is 54.6 Å². The third kappa shape index (κ3) is 6.14. The van der Waals surface area contributed by atoms with Gasteiger partial charge in [0.05, 0.1) is 19.8 Å². The third-order valence-corrected chi connectivity index (χ3v) is 4.70. The number of rotatable bonds is 6. The molecular formula is C20H24F3N5O3. The van der Waals surface area contributed by atoms with Crippen LogP contribution in [0.25, 0.3) is 0 Å². The van der Waals surface area contributed by atoms with Gasteiger partial charge in [-0.3, -0.25) is 10.6 Å². The van der Waals surface area contributed by atoms with Gasteiger partial charge in [0.1, 0.15) is 12.0 Å². The Bertz CT molecular complexity index is 845. The molecule has 11 heteroatoms. The van der Waals surface area contributed by atoms with Crippen molar-refractivity contribution >= 4 is 11.8 Å². The van der Waals surface area contributed by atoms with Crippen LogP contribution in [-0.2, 0) is 16.0 Å². The maximum absolute atomic E-state index is 13.1. The summed E-state index contributed by atoms with van der Waals surface area (Å²) in [5.41, 5.74) is 11.7. The lowest BCUT2D eigenvalue weighted by molar-refractivity contribution is -0.231. The summed E-state index contributed by atoms with van der Waals surface area (Å²) < 4.78 is 47.6. The number of nitrogens with two attached hydrogens (primary N) is 2. The molecule has 1 aliphatic heterocycles. The smallest absolute Gasteiger partial charge is 0.378 e. The Morgan fingerprint density at radius 1 is 1.16 bits per heavy atom. The number of hydrogen-bond donors (Lipinski definition) is 2. The van der Waals surface area contributed by atoms with Crippen molar-refractivity contribution in [1.82, 2.24) is 9.88 Å². The predicted molar refractivity (Wildman–Crippen MR) is 107 cm³/mol. The zero-order chi connectivity index (χ0) is 22.4. The number of nitrogens with zero attached hydrogens (tertiary/aromatic N) is 3. The first-order chi connectivity index (χ1) is 14.8. The van der Waals surface area contributed by atoms with Gasteiger partial charge in [-0.1, -0.05) is 30.3 Å². The molecule has 0 aliphatic carbocycles. The van der Waals surface area contributed by atoms with E-state index in [1.54, 1.807) is 53.6 Å². The Morgan fingerprint density at radius 2 is 1.84 bits per heavy atom. The zero-order valence-electron chi connectivity index (χ0n) is 16.7. The number of amides is 2. The van der Waals surface area contributed by atoms with Crippen LogP contribution in [0.3, 0.4) is 0 Å². The molecule has 1 aromatic carbocycles. The van der Waals surface area contributed by atoms with E-state index < -0.39 is 18.6 Å². The summed E-state index contributed by atoms with van der Waals surface area (Å²) in [5, 5.41) is 0. The van der Waals surface area contributed by atoms with E-state index in [0.29, 0.717) is 37.7 Å².